The summed E-state index contributed by atoms with van der Waals surface area (Å²) in [4.78, 5) is 24.4. The quantitative estimate of drug-likeness (QED) is 0.194. The molecule has 7 N–H and O–H groups in total. The maximum absolute atomic E-state index is 11.8. The molecule has 0 aliphatic carbocycles. The van der Waals surface area contributed by atoms with Crippen LogP contribution >= 0.6 is 0 Å². The molecule has 0 spiro atoms. The molecule has 12 nitrogen and oxygen atoms in total. The van der Waals surface area contributed by atoms with E-state index in [1.54, 1.807) is 24.3 Å². The van der Waals surface area contributed by atoms with Crippen LogP contribution in [0.1, 0.15) is 43.5 Å². The van der Waals surface area contributed by atoms with Crippen LogP contribution in [0.25, 0.3) is 11.2 Å². The fourth-order valence-corrected chi connectivity index (χ4v) is 3.75. The highest BCUT2D eigenvalue weighted by molar-refractivity contribution is 5.82. The number of carbonyl (C=O) groups is 1. The number of aliphatic hydroxyl groups is 4. The van der Waals surface area contributed by atoms with Gasteiger partial charge < -0.3 is 36.2 Å². The van der Waals surface area contributed by atoms with E-state index in [2.05, 4.69) is 32.1 Å². The number of carbonyl (C=O) groups excluding carboxylic acids is 1. The summed E-state index contributed by atoms with van der Waals surface area (Å²) < 4.78 is 7.03. The third-order valence-electron chi connectivity index (χ3n) is 5.53. The second-order valence-corrected chi connectivity index (χ2v) is 8.07. The first-order chi connectivity index (χ1) is 16.8. The standard InChI is InChI=1S/C23H26N6O6/c1-2-6-15(31)28-22(34)19-17(32)18(33)23(35-19)29-11-25-16-20(24)26-14(27-21(16)29)10-9-13(30)12-7-4-3-5-8-12/h3-5,7-8,11,13,17-19,22-23,30,32-34H,2,6H2,1H3,(H,28,31)(H2,24,26,27)/t13?,17-,18+,19-,22?,23+/m0/s1. The largest absolute Gasteiger partial charge is 0.387 e. The second-order valence-electron chi connectivity index (χ2n) is 8.07. The molecular formula is C23H26N6O6. The zero-order valence-corrected chi connectivity index (χ0v) is 18.8. The molecule has 12 heteroatoms. The van der Waals surface area contributed by atoms with Crippen LogP contribution in [0.15, 0.2) is 36.7 Å². The van der Waals surface area contributed by atoms with E-state index in [1.165, 1.54) is 10.9 Å². The zero-order valence-electron chi connectivity index (χ0n) is 18.8. The Labute approximate surface area is 200 Å². The van der Waals surface area contributed by atoms with Gasteiger partial charge in [0.15, 0.2) is 23.9 Å². The molecule has 1 aliphatic heterocycles. The van der Waals surface area contributed by atoms with E-state index in [0.29, 0.717) is 12.0 Å². The number of nitrogen functional groups attached to an aromatic ring is 1. The Balaban J connectivity index is 1.60. The van der Waals surface area contributed by atoms with Crippen LogP contribution < -0.4 is 11.1 Å². The first-order valence-electron chi connectivity index (χ1n) is 11.0. The predicted octanol–water partition coefficient (Wildman–Crippen LogP) is -0.652. The minimum atomic E-state index is -1.54. The Morgan fingerprint density at radius 3 is 2.69 bits per heavy atom. The normalized spacial score (nSPS) is 23.5. The maximum atomic E-state index is 11.8. The highest BCUT2D eigenvalue weighted by atomic mass is 16.6. The van der Waals surface area contributed by atoms with Gasteiger partial charge in [0.2, 0.25) is 11.7 Å². The van der Waals surface area contributed by atoms with Gasteiger partial charge in [-0.25, -0.2) is 15.0 Å². The fourth-order valence-electron chi connectivity index (χ4n) is 3.75. The van der Waals surface area contributed by atoms with E-state index in [4.69, 9.17) is 10.5 Å². The molecule has 1 fully saturated rings. The number of hydrogen-bond acceptors (Lipinski definition) is 10. The van der Waals surface area contributed by atoms with Crippen molar-refractivity contribution in [3.05, 3.63) is 48.0 Å². The van der Waals surface area contributed by atoms with Crippen LogP contribution in [-0.2, 0) is 9.53 Å². The van der Waals surface area contributed by atoms with Gasteiger partial charge in [0, 0.05) is 6.42 Å². The number of nitrogens with two attached hydrogens (primary N) is 1. The summed E-state index contributed by atoms with van der Waals surface area (Å²) in [5.74, 6) is 4.94. The van der Waals surface area contributed by atoms with E-state index in [0.717, 1.165) is 0 Å². The van der Waals surface area contributed by atoms with Gasteiger partial charge >= 0.3 is 0 Å². The van der Waals surface area contributed by atoms with Gasteiger partial charge in [-0.15, -0.1) is 0 Å². The monoisotopic (exact) mass is 482 g/mol. The molecule has 3 heterocycles. The zero-order chi connectivity index (χ0) is 25.1. The van der Waals surface area contributed by atoms with Crippen molar-refractivity contribution in [3.63, 3.8) is 0 Å². The van der Waals surface area contributed by atoms with Gasteiger partial charge in [-0.3, -0.25) is 9.36 Å². The molecule has 2 aromatic heterocycles. The van der Waals surface area contributed by atoms with Gasteiger partial charge in [0.1, 0.15) is 29.9 Å². The lowest BCUT2D eigenvalue weighted by atomic mass is 10.1. The van der Waals surface area contributed by atoms with Gasteiger partial charge in [-0.1, -0.05) is 43.2 Å². The van der Waals surface area contributed by atoms with Crippen LogP contribution in [0.3, 0.4) is 0 Å². The summed E-state index contributed by atoms with van der Waals surface area (Å²) in [7, 11) is 0. The number of rotatable bonds is 6. The maximum Gasteiger partial charge on any atom is 0.222 e. The second kappa shape index (κ2) is 10.3. The molecule has 0 saturated carbocycles. The van der Waals surface area contributed by atoms with Crippen molar-refractivity contribution in [2.75, 3.05) is 5.73 Å². The topological polar surface area (TPSA) is 189 Å². The van der Waals surface area contributed by atoms with Gasteiger partial charge in [-0.05, 0) is 17.9 Å². The lowest BCUT2D eigenvalue weighted by Gasteiger charge is -2.21. The molecule has 1 saturated heterocycles. The molecule has 1 aromatic carbocycles. The molecule has 184 valence electrons. The minimum absolute atomic E-state index is 0.00294. The predicted molar refractivity (Wildman–Crippen MR) is 123 cm³/mol. The van der Waals surface area contributed by atoms with E-state index >= 15 is 0 Å². The van der Waals surface area contributed by atoms with E-state index in [-0.39, 0.29) is 29.2 Å². The molecular weight excluding hydrogens is 456 g/mol. The van der Waals surface area contributed by atoms with E-state index in [9.17, 15) is 25.2 Å². The van der Waals surface area contributed by atoms with Crippen LogP contribution in [-0.4, -0.2) is 70.4 Å². The minimum Gasteiger partial charge on any atom is -0.387 e. The molecule has 2 unspecified atom stereocenters. The molecule has 3 aromatic rings. The third-order valence-corrected chi connectivity index (χ3v) is 5.53. The molecule has 35 heavy (non-hydrogen) atoms. The Bertz CT molecular complexity index is 1260. The lowest BCUT2D eigenvalue weighted by Crippen LogP contribution is -2.48. The summed E-state index contributed by atoms with van der Waals surface area (Å²) in [5.41, 5.74) is 6.99. The number of nitrogens with zero attached hydrogens (tertiary/aromatic N) is 4. The average molecular weight is 482 g/mol. The molecule has 0 radical (unpaired) electrons. The number of ether oxygens (including phenoxy) is 1. The summed E-state index contributed by atoms with van der Waals surface area (Å²) in [6.07, 6.45) is -6.01. The molecule has 6 atom stereocenters. The number of nitrogens with one attached hydrogen (secondary N) is 1. The Morgan fingerprint density at radius 2 is 1.97 bits per heavy atom. The number of aromatic nitrogens is 4. The van der Waals surface area contributed by atoms with E-state index < -0.39 is 42.8 Å². The molecule has 1 aliphatic rings. The lowest BCUT2D eigenvalue weighted by molar-refractivity contribution is -0.132. The number of aliphatic hydroxyl groups excluding tert-OH is 4. The Kier molecular flexibility index (Phi) is 7.25. The van der Waals surface area contributed by atoms with Crippen LogP contribution in [0.5, 0.6) is 0 Å². The SMILES string of the molecule is CCCC(=O)NC(O)[C@H]1O[C@@H](n2cnc3c(N)nc(C#CC(O)c4ccccc4)nc32)[C@H](O)[C@@H]1O. The molecule has 4 rings (SSSR count). The van der Waals surface area contributed by atoms with Gasteiger partial charge in [0.25, 0.3) is 0 Å². The summed E-state index contributed by atoms with van der Waals surface area (Å²) >= 11 is 0. The van der Waals surface area contributed by atoms with Crippen molar-refractivity contribution in [2.45, 2.75) is 56.6 Å². The summed E-state index contributed by atoms with van der Waals surface area (Å²) in [6, 6.07) is 8.83. The van der Waals surface area contributed by atoms with Crippen molar-refractivity contribution in [1.29, 1.82) is 0 Å². The average Bonchev–Trinajstić information content (AvgIpc) is 3.39. The third kappa shape index (κ3) is 5.09. The van der Waals surface area contributed by atoms with E-state index in [1.807, 2.05) is 13.0 Å². The number of hydrogen-bond donors (Lipinski definition) is 6. The Hall–Kier alpha value is -3.60. The summed E-state index contributed by atoms with van der Waals surface area (Å²) in [6.45, 7) is 1.81. The van der Waals surface area contributed by atoms with Crippen LogP contribution in [0, 0.1) is 11.8 Å². The number of amides is 1. The smallest absolute Gasteiger partial charge is 0.222 e. The van der Waals surface area contributed by atoms with Crippen LogP contribution in [0.4, 0.5) is 5.82 Å². The van der Waals surface area contributed by atoms with Crippen molar-refractivity contribution < 1.29 is 30.0 Å². The number of benzene rings is 1. The van der Waals surface area contributed by atoms with Crippen molar-refractivity contribution in [3.8, 4) is 11.8 Å². The van der Waals surface area contributed by atoms with Crippen molar-refractivity contribution >= 4 is 22.9 Å². The highest BCUT2D eigenvalue weighted by Crippen LogP contribution is 2.33. The van der Waals surface area contributed by atoms with Crippen molar-refractivity contribution in [2.24, 2.45) is 0 Å². The molecule has 1 amide bonds. The fraction of sp³-hybridized carbons (Fsp3) is 0.391. The van der Waals surface area contributed by atoms with Gasteiger partial charge in [0.05, 0.1) is 6.33 Å². The van der Waals surface area contributed by atoms with Crippen molar-refractivity contribution in [1.82, 2.24) is 24.8 Å². The Morgan fingerprint density at radius 1 is 1.23 bits per heavy atom. The summed E-state index contributed by atoms with van der Waals surface area (Å²) in [5, 5.41) is 44.0. The number of imidazole rings is 1. The first-order valence-corrected chi connectivity index (χ1v) is 11.0. The first kappa shape index (κ1) is 24.5. The highest BCUT2D eigenvalue weighted by Gasteiger charge is 2.47. The number of fused-ring (bicyclic) bond motifs is 1. The number of anilines is 1. The van der Waals surface area contributed by atoms with Crippen LogP contribution in [0.2, 0.25) is 0 Å². The molecule has 0 bridgehead atoms. The van der Waals surface area contributed by atoms with Gasteiger partial charge in [-0.2, -0.15) is 0 Å².